The van der Waals surface area contributed by atoms with Crippen molar-refractivity contribution in [2.24, 2.45) is 17.8 Å². The molecule has 0 heterocycles. The third-order valence-electron chi connectivity index (χ3n) is 7.47. The molecule has 0 N–H and O–H groups in total. The average Bonchev–Trinajstić information content (AvgIpc) is 3.48. The third-order valence-corrected chi connectivity index (χ3v) is 7.47. The first kappa shape index (κ1) is 20.8. The van der Waals surface area contributed by atoms with E-state index < -0.39 is 0 Å². The summed E-state index contributed by atoms with van der Waals surface area (Å²) in [6.45, 7) is 2.21. The SMILES string of the molecule is COc1ccc(-c2ccc(C(C)c3ccc(OC(=O)C4CC5CCC4C5)cc3)cc2)cc1. The molecule has 32 heavy (non-hydrogen) atoms. The first-order chi connectivity index (χ1) is 15.6. The van der Waals surface area contributed by atoms with Gasteiger partial charge < -0.3 is 9.47 Å². The zero-order chi connectivity index (χ0) is 22.1. The first-order valence-electron chi connectivity index (χ1n) is 11.7. The van der Waals surface area contributed by atoms with Crippen molar-refractivity contribution in [3.63, 3.8) is 0 Å². The van der Waals surface area contributed by atoms with Crippen LogP contribution in [0.5, 0.6) is 11.5 Å². The van der Waals surface area contributed by atoms with Crippen molar-refractivity contribution in [1.29, 1.82) is 0 Å². The normalized spacial score (nSPS) is 22.5. The summed E-state index contributed by atoms with van der Waals surface area (Å²) in [5, 5.41) is 0. The summed E-state index contributed by atoms with van der Waals surface area (Å²) < 4.78 is 11.0. The maximum Gasteiger partial charge on any atom is 0.314 e. The monoisotopic (exact) mass is 426 g/mol. The molecule has 4 unspecified atom stereocenters. The summed E-state index contributed by atoms with van der Waals surface area (Å²) in [7, 11) is 1.68. The maximum absolute atomic E-state index is 12.6. The average molecular weight is 427 g/mol. The van der Waals surface area contributed by atoms with Gasteiger partial charge in [0.05, 0.1) is 13.0 Å². The van der Waals surface area contributed by atoms with E-state index in [1.807, 2.05) is 24.3 Å². The van der Waals surface area contributed by atoms with Crippen LogP contribution < -0.4 is 9.47 Å². The Labute approximate surface area is 190 Å². The smallest absolute Gasteiger partial charge is 0.314 e. The van der Waals surface area contributed by atoms with Crippen LogP contribution in [0.2, 0.25) is 0 Å². The van der Waals surface area contributed by atoms with Crippen molar-refractivity contribution in [1.82, 2.24) is 0 Å². The van der Waals surface area contributed by atoms with Crippen molar-refractivity contribution in [3.05, 3.63) is 83.9 Å². The summed E-state index contributed by atoms with van der Waals surface area (Å²) in [4.78, 5) is 12.6. The number of hydrogen-bond donors (Lipinski definition) is 0. The van der Waals surface area contributed by atoms with Gasteiger partial charge in [0.25, 0.3) is 0 Å². The van der Waals surface area contributed by atoms with Gasteiger partial charge in [-0.1, -0.05) is 61.9 Å². The minimum absolute atomic E-state index is 0.0351. The molecule has 0 aromatic heterocycles. The molecule has 4 atom stereocenters. The van der Waals surface area contributed by atoms with Gasteiger partial charge in [-0.25, -0.2) is 0 Å². The van der Waals surface area contributed by atoms with Gasteiger partial charge in [0.2, 0.25) is 0 Å². The molecular weight excluding hydrogens is 396 g/mol. The van der Waals surface area contributed by atoms with Gasteiger partial charge in [0, 0.05) is 5.92 Å². The van der Waals surface area contributed by atoms with Crippen molar-refractivity contribution < 1.29 is 14.3 Å². The van der Waals surface area contributed by atoms with E-state index in [0.717, 1.165) is 18.1 Å². The number of carbonyl (C=O) groups excluding carboxylic acids is 1. The molecular formula is C29H30O3. The molecule has 0 spiro atoms. The fourth-order valence-corrected chi connectivity index (χ4v) is 5.49. The van der Waals surface area contributed by atoms with E-state index in [9.17, 15) is 4.79 Å². The van der Waals surface area contributed by atoms with E-state index in [2.05, 4.69) is 55.5 Å². The fraction of sp³-hybridized carbons (Fsp3) is 0.345. The van der Waals surface area contributed by atoms with Crippen LogP contribution in [0.1, 0.15) is 49.7 Å². The molecule has 3 aromatic rings. The third kappa shape index (κ3) is 4.17. The van der Waals surface area contributed by atoms with E-state index in [-0.39, 0.29) is 17.8 Å². The Balaban J connectivity index is 1.23. The lowest BCUT2D eigenvalue weighted by Gasteiger charge is -2.20. The lowest BCUT2D eigenvalue weighted by molar-refractivity contribution is -0.140. The van der Waals surface area contributed by atoms with Crippen LogP contribution in [-0.2, 0) is 4.79 Å². The van der Waals surface area contributed by atoms with Crippen LogP contribution in [0.4, 0.5) is 0 Å². The number of rotatable bonds is 6. The second kappa shape index (κ2) is 8.82. The number of ether oxygens (including phenoxy) is 2. The van der Waals surface area contributed by atoms with E-state index in [1.165, 1.54) is 41.5 Å². The summed E-state index contributed by atoms with van der Waals surface area (Å²) in [5.41, 5.74) is 4.83. The molecule has 2 bridgehead atoms. The molecule has 5 rings (SSSR count). The highest BCUT2D eigenvalue weighted by Gasteiger charge is 2.44. The maximum atomic E-state index is 12.6. The summed E-state index contributed by atoms with van der Waals surface area (Å²) in [6, 6.07) is 24.8. The highest BCUT2D eigenvalue weighted by atomic mass is 16.5. The number of carbonyl (C=O) groups is 1. The van der Waals surface area contributed by atoms with Gasteiger partial charge >= 0.3 is 5.97 Å². The highest BCUT2D eigenvalue weighted by Crippen LogP contribution is 2.48. The molecule has 0 radical (unpaired) electrons. The van der Waals surface area contributed by atoms with E-state index in [0.29, 0.717) is 11.7 Å². The molecule has 2 aliphatic carbocycles. The van der Waals surface area contributed by atoms with Gasteiger partial charge in [-0.05, 0) is 77.6 Å². The van der Waals surface area contributed by atoms with Gasteiger partial charge in [-0.15, -0.1) is 0 Å². The Morgan fingerprint density at radius 2 is 1.34 bits per heavy atom. The number of hydrogen-bond acceptors (Lipinski definition) is 3. The molecule has 3 nitrogen and oxygen atoms in total. The Bertz CT molecular complexity index is 1070. The number of esters is 1. The van der Waals surface area contributed by atoms with Crippen LogP contribution in [0.25, 0.3) is 11.1 Å². The predicted molar refractivity (Wildman–Crippen MR) is 127 cm³/mol. The largest absolute Gasteiger partial charge is 0.497 e. The Hall–Kier alpha value is -3.07. The summed E-state index contributed by atoms with van der Waals surface area (Å²) >= 11 is 0. The standard InChI is InChI=1S/C29H30O3/c1-19(21-5-7-23(8-6-21)24-11-13-26(31-2)14-12-24)22-9-15-27(16-10-22)32-29(30)28-18-20-3-4-25(28)17-20/h5-16,19-20,25,28H,3-4,17-18H2,1-2H3. The number of methoxy groups -OCH3 is 1. The molecule has 2 fully saturated rings. The van der Waals surface area contributed by atoms with Crippen LogP contribution in [0.3, 0.4) is 0 Å². The van der Waals surface area contributed by atoms with Crippen molar-refractivity contribution in [2.75, 3.05) is 7.11 Å². The van der Waals surface area contributed by atoms with Gasteiger partial charge in [-0.3, -0.25) is 4.79 Å². The Morgan fingerprint density at radius 3 is 1.88 bits per heavy atom. The second-order valence-electron chi connectivity index (χ2n) is 9.34. The molecule has 2 aliphatic rings. The lowest BCUT2D eigenvalue weighted by atomic mass is 9.89. The molecule has 3 aromatic carbocycles. The molecule has 3 heteroatoms. The Kier molecular flexibility index (Phi) is 5.73. The quantitative estimate of drug-likeness (QED) is 0.319. The zero-order valence-corrected chi connectivity index (χ0v) is 18.8. The predicted octanol–water partition coefficient (Wildman–Crippen LogP) is 6.86. The summed E-state index contributed by atoms with van der Waals surface area (Å²) in [5.74, 6) is 3.15. The minimum Gasteiger partial charge on any atom is -0.497 e. The van der Waals surface area contributed by atoms with E-state index in [4.69, 9.17) is 9.47 Å². The fourth-order valence-electron chi connectivity index (χ4n) is 5.49. The van der Waals surface area contributed by atoms with Crippen LogP contribution >= 0.6 is 0 Å². The molecule has 164 valence electrons. The molecule has 0 saturated heterocycles. The van der Waals surface area contributed by atoms with Gasteiger partial charge in [0.15, 0.2) is 0 Å². The molecule has 2 saturated carbocycles. The summed E-state index contributed by atoms with van der Waals surface area (Å²) in [6.07, 6.45) is 4.72. The van der Waals surface area contributed by atoms with Gasteiger partial charge in [0.1, 0.15) is 11.5 Å². The highest BCUT2D eigenvalue weighted by molar-refractivity contribution is 5.76. The molecule has 0 aliphatic heterocycles. The second-order valence-corrected chi connectivity index (χ2v) is 9.34. The van der Waals surface area contributed by atoms with Gasteiger partial charge in [-0.2, -0.15) is 0 Å². The van der Waals surface area contributed by atoms with E-state index >= 15 is 0 Å². The van der Waals surface area contributed by atoms with E-state index in [1.54, 1.807) is 7.11 Å². The zero-order valence-electron chi connectivity index (χ0n) is 18.8. The van der Waals surface area contributed by atoms with Crippen molar-refractivity contribution in [3.8, 4) is 22.6 Å². The van der Waals surface area contributed by atoms with Crippen molar-refractivity contribution in [2.45, 2.75) is 38.5 Å². The topological polar surface area (TPSA) is 35.5 Å². The number of benzene rings is 3. The lowest BCUT2D eigenvalue weighted by Crippen LogP contribution is -2.25. The molecule has 0 amide bonds. The minimum atomic E-state index is -0.0351. The Morgan fingerprint density at radius 1 is 0.781 bits per heavy atom. The van der Waals surface area contributed by atoms with Crippen LogP contribution in [0.15, 0.2) is 72.8 Å². The van der Waals surface area contributed by atoms with Crippen LogP contribution in [-0.4, -0.2) is 13.1 Å². The number of fused-ring (bicyclic) bond motifs is 2. The van der Waals surface area contributed by atoms with Crippen LogP contribution in [0, 0.1) is 17.8 Å². The first-order valence-corrected chi connectivity index (χ1v) is 11.7. The van der Waals surface area contributed by atoms with Crippen molar-refractivity contribution >= 4 is 5.97 Å².